The summed E-state index contributed by atoms with van der Waals surface area (Å²) in [5.41, 5.74) is -0.743. The van der Waals surface area contributed by atoms with E-state index < -0.39 is 22.0 Å². The summed E-state index contributed by atoms with van der Waals surface area (Å²) in [6, 6.07) is 0. The Morgan fingerprint density at radius 1 is 0.654 bits per heavy atom. The van der Waals surface area contributed by atoms with Crippen molar-refractivity contribution in [2.24, 2.45) is 11.8 Å². The minimum atomic E-state index is -0.503. The quantitative estimate of drug-likeness (QED) is 0.502. The highest BCUT2D eigenvalue weighted by Crippen LogP contribution is 2.41. The van der Waals surface area contributed by atoms with Gasteiger partial charge in [0, 0.05) is 13.1 Å². The molecule has 0 fully saturated rings. The van der Waals surface area contributed by atoms with E-state index in [-0.39, 0.29) is 11.8 Å². The molecule has 0 saturated heterocycles. The second kappa shape index (κ2) is 5.72. The van der Waals surface area contributed by atoms with E-state index in [1.165, 1.54) is 31.8 Å². The van der Waals surface area contributed by atoms with Gasteiger partial charge >= 0.3 is 0 Å². The van der Waals surface area contributed by atoms with E-state index in [0.717, 1.165) is 9.40 Å². The zero-order valence-electron chi connectivity index (χ0n) is 14.9. The summed E-state index contributed by atoms with van der Waals surface area (Å²) in [6.07, 6.45) is 0. The first-order valence-corrected chi connectivity index (χ1v) is 10.2. The van der Waals surface area contributed by atoms with Gasteiger partial charge in [-0.3, -0.25) is 19.2 Å². The molecule has 4 aromatic rings. The number of rotatable bonds is 4. The maximum Gasteiger partial charge on any atom is 0.300 e. The SMILES string of the molecule is CC(C)Cn1c(=O)c(=O)c2sc3c(sc4c(=O)c(=O)n(CC(C)C)c43)c21. The number of thiophene rings is 2. The molecular formula is C18H18N2O4S2. The summed E-state index contributed by atoms with van der Waals surface area (Å²) < 4.78 is 5.46. The molecule has 26 heavy (non-hydrogen) atoms. The van der Waals surface area contributed by atoms with Crippen molar-refractivity contribution in [1.29, 1.82) is 0 Å². The average molecular weight is 390 g/mol. The minimum absolute atomic E-state index is 0.208. The van der Waals surface area contributed by atoms with Gasteiger partial charge in [-0.05, 0) is 11.8 Å². The van der Waals surface area contributed by atoms with Crippen LogP contribution in [0.15, 0.2) is 19.2 Å². The molecule has 8 heteroatoms. The summed E-state index contributed by atoms with van der Waals surface area (Å²) >= 11 is 2.46. The molecule has 0 aliphatic rings. The molecule has 0 N–H and O–H groups in total. The van der Waals surface area contributed by atoms with Gasteiger partial charge in [0.2, 0.25) is 0 Å². The molecule has 4 heterocycles. The third kappa shape index (κ3) is 2.21. The van der Waals surface area contributed by atoms with Crippen molar-refractivity contribution >= 4 is 52.5 Å². The van der Waals surface area contributed by atoms with E-state index >= 15 is 0 Å². The number of nitrogens with zero attached hydrogens (tertiary/aromatic N) is 2. The minimum Gasteiger partial charge on any atom is -0.302 e. The Morgan fingerprint density at radius 3 is 1.31 bits per heavy atom. The molecule has 6 nitrogen and oxygen atoms in total. The van der Waals surface area contributed by atoms with E-state index in [4.69, 9.17) is 0 Å². The molecule has 4 aromatic heterocycles. The highest BCUT2D eigenvalue weighted by atomic mass is 32.1. The standard InChI is InChI=1S/C18H18N2O4S2/c1-7(2)5-19-9-13(11(21)17(19)23)25-16-10-14(26-15(9)16)12(22)18(24)20(10)6-8(3)4/h7-8H,5-6H2,1-4H3. The van der Waals surface area contributed by atoms with Crippen LogP contribution in [0.4, 0.5) is 0 Å². The first-order chi connectivity index (χ1) is 12.2. The van der Waals surface area contributed by atoms with Crippen LogP contribution in [0.25, 0.3) is 29.8 Å². The molecule has 0 saturated carbocycles. The van der Waals surface area contributed by atoms with Gasteiger partial charge in [-0.1, -0.05) is 27.7 Å². The van der Waals surface area contributed by atoms with E-state index in [9.17, 15) is 19.2 Å². The Bertz CT molecular complexity index is 1260. The van der Waals surface area contributed by atoms with Crippen molar-refractivity contribution in [2.75, 3.05) is 0 Å². The number of hydrogen-bond donors (Lipinski definition) is 0. The fourth-order valence-corrected chi connectivity index (χ4v) is 6.19. The average Bonchev–Trinajstić information content (AvgIpc) is 3.21. The maximum absolute atomic E-state index is 12.4. The predicted molar refractivity (Wildman–Crippen MR) is 108 cm³/mol. The van der Waals surface area contributed by atoms with Gasteiger partial charge in [0.1, 0.15) is 9.40 Å². The molecular weight excluding hydrogens is 372 g/mol. The number of fused-ring (bicyclic) bond motifs is 5. The van der Waals surface area contributed by atoms with Crippen LogP contribution >= 0.6 is 22.7 Å². The Labute approximate surface area is 155 Å². The fraction of sp³-hybridized carbons (Fsp3) is 0.444. The fourth-order valence-electron chi connectivity index (χ4n) is 3.43. The van der Waals surface area contributed by atoms with Gasteiger partial charge in [0.05, 0.1) is 20.4 Å². The monoisotopic (exact) mass is 390 g/mol. The highest BCUT2D eigenvalue weighted by Gasteiger charge is 2.26. The molecule has 0 aliphatic heterocycles. The van der Waals surface area contributed by atoms with Crippen molar-refractivity contribution in [3.63, 3.8) is 0 Å². The molecule has 0 aromatic carbocycles. The molecule has 0 amide bonds. The lowest BCUT2D eigenvalue weighted by atomic mass is 10.2. The largest absolute Gasteiger partial charge is 0.302 e. The lowest BCUT2D eigenvalue weighted by molar-refractivity contribution is 0.526. The van der Waals surface area contributed by atoms with Crippen LogP contribution in [0.5, 0.6) is 0 Å². The molecule has 4 rings (SSSR count). The van der Waals surface area contributed by atoms with E-state index in [2.05, 4.69) is 0 Å². The highest BCUT2D eigenvalue weighted by molar-refractivity contribution is 7.36. The molecule has 0 atom stereocenters. The second-order valence-corrected chi connectivity index (χ2v) is 9.54. The van der Waals surface area contributed by atoms with Gasteiger partial charge in [-0.15, -0.1) is 22.7 Å². The van der Waals surface area contributed by atoms with Gasteiger partial charge in [0.15, 0.2) is 0 Å². The van der Waals surface area contributed by atoms with Crippen LogP contribution < -0.4 is 22.0 Å². The van der Waals surface area contributed by atoms with Crippen LogP contribution in [0.1, 0.15) is 27.7 Å². The zero-order chi connectivity index (χ0) is 18.9. The smallest absolute Gasteiger partial charge is 0.300 e. The Kier molecular flexibility index (Phi) is 3.82. The van der Waals surface area contributed by atoms with E-state index in [1.54, 1.807) is 0 Å². The lowest BCUT2D eigenvalue weighted by Gasteiger charge is -2.06. The van der Waals surface area contributed by atoms with Gasteiger partial charge in [0.25, 0.3) is 22.0 Å². The van der Waals surface area contributed by atoms with Crippen molar-refractivity contribution < 1.29 is 0 Å². The number of aromatic nitrogens is 2. The maximum atomic E-state index is 12.4. The van der Waals surface area contributed by atoms with Gasteiger partial charge in [-0.2, -0.15) is 0 Å². The van der Waals surface area contributed by atoms with Crippen molar-refractivity contribution in [3.8, 4) is 0 Å². The zero-order valence-corrected chi connectivity index (χ0v) is 16.5. The molecule has 0 radical (unpaired) electrons. The molecule has 0 bridgehead atoms. The Morgan fingerprint density at radius 2 is 1.00 bits per heavy atom. The Balaban J connectivity index is 2.18. The Hall–Kier alpha value is -2.06. The van der Waals surface area contributed by atoms with E-state index in [1.807, 2.05) is 27.7 Å². The van der Waals surface area contributed by atoms with Crippen molar-refractivity contribution in [3.05, 3.63) is 41.2 Å². The predicted octanol–water partition coefficient (Wildman–Crippen LogP) is 2.50. The second-order valence-electron chi connectivity index (χ2n) is 7.50. The topological polar surface area (TPSA) is 78.1 Å². The lowest BCUT2D eigenvalue weighted by Crippen LogP contribution is -2.28. The first kappa shape index (κ1) is 17.4. The summed E-state index contributed by atoms with van der Waals surface area (Å²) in [4.78, 5) is 49.6. The van der Waals surface area contributed by atoms with Crippen molar-refractivity contribution in [1.82, 2.24) is 9.13 Å². The van der Waals surface area contributed by atoms with Crippen LogP contribution in [0.2, 0.25) is 0 Å². The molecule has 136 valence electrons. The summed E-state index contributed by atoms with van der Waals surface area (Å²) in [6.45, 7) is 8.85. The van der Waals surface area contributed by atoms with Crippen LogP contribution in [-0.4, -0.2) is 9.13 Å². The van der Waals surface area contributed by atoms with Gasteiger partial charge in [-0.25, -0.2) is 0 Å². The summed E-state index contributed by atoms with van der Waals surface area (Å²) in [5.74, 6) is 0.417. The van der Waals surface area contributed by atoms with Crippen molar-refractivity contribution in [2.45, 2.75) is 40.8 Å². The summed E-state index contributed by atoms with van der Waals surface area (Å²) in [5, 5.41) is 0. The summed E-state index contributed by atoms with van der Waals surface area (Å²) in [7, 11) is 0. The third-order valence-electron chi connectivity index (χ3n) is 4.40. The first-order valence-electron chi connectivity index (χ1n) is 8.54. The van der Waals surface area contributed by atoms with E-state index in [0.29, 0.717) is 33.5 Å². The van der Waals surface area contributed by atoms with Crippen LogP contribution in [0.3, 0.4) is 0 Å². The molecule has 0 unspecified atom stereocenters. The third-order valence-corrected chi connectivity index (χ3v) is 6.90. The van der Waals surface area contributed by atoms with Crippen LogP contribution in [0, 0.1) is 11.8 Å². The normalized spacial score (nSPS) is 12.7. The molecule has 0 spiro atoms. The number of hydrogen-bond acceptors (Lipinski definition) is 6. The molecule has 0 aliphatic carbocycles. The van der Waals surface area contributed by atoms with Gasteiger partial charge < -0.3 is 9.13 Å². The van der Waals surface area contributed by atoms with Crippen LogP contribution in [-0.2, 0) is 13.1 Å².